The lowest BCUT2D eigenvalue weighted by molar-refractivity contribution is 0.0955. The van der Waals surface area contributed by atoms with E-state index in [1.807, 2.05) is 45.0 Å². The first-order chi connectivity index (χ1) is 13.9. The highest BCUT2D eigenvalue weighted by Crippen LogP contribution is 2.21. The first-order valence-electron chi connectivity index (χ1n) is 10.0. The van der Waals surface area contributed by atoms with E-state index < -0.39 is 0 Å². The number of benzene rings is 2. The van der Waals surface area contributed by atoms with Gasteiger partial charge in [-0.25, -0.2) is 0 Å². The number of hydrogen-bond donors (Lipinski definition) is 3. The summed E-state index contributed by atoms with van der Waals surface area (Å²) in [6.45, 7) is 9.78. The summed E-state index contributed by atoms with van der Waals surface area (Å²) in [5.74, 6) is 1.51. The van der Waals surface area contributed by atoms with Crippen LogP contribution in [0.2, 0.25) is 0 Å². The second-order valence-electron chi connectivity index (χ2n) is 7.12. The van der Waals surface area contributed by atoms with Gasteiger partial charge in [-0.15, -0.1) is 0 Å². The topological polar surface area (TPSA) is 74.8 Å². The normalized spacial score (nSPS) is 11.3. The third-order valence-corrected chi connectivity index (χ3v) is 4.24. The summed E-state index contributed by atoms with van der Waals surface area (Å²) in [4.78, 5) is 16.3. The molecule has 2 aromatic carbocycles. The van der Waals surface area contributed by atoms with Crippen molar-refractivity contribution in [3.05, 3.63) is 64.7 Å². The Kier molecular flexibility index (Phi) is 8.52. The molecule has 2 rings (SSSR count). The Morgan fingerprint density at radius 3 is 2.52 bits per heavy atom. The third kappa shape index (κ3) is 7.14. The molecule has 0 aliphatic heterocycles. The largest absolute Gasteiger partial charge is 0.491 e. The van der Waals surface area contributed by atoms with Crippen molar-refractivity contribution in [1.29, 1.82) is 0 Å². The summed E-state index contributed by atoms with van der Waals surface area (Å²) in [6.07, 6.45) is 0.116. The minimum absolute atomic E-state index is 0.0612. The molecule has 29 heavy (non-hydrogen) atoms. The van der Waals surface area contributed by atoms with Crippen molar-refractivity contribution in [3.63, 3.8) is 0 Å². The second-order valence-corrected chi connectivity index (χ2v) is 7.12. The average molecular weight is 397 g/mol. The van der Waals surface area contributed by atoms with E-state index in [4.69, 9.17) is 4.74 Å². The van der Waals surface area contributed by atoms with Crippen LogP contribution in [0.15, 0.2) is 47.5 Å². The van der Waals surface area contributed by atoms with Gasteiger partial charge in [0.25, 0.3) is 5.91 Å². The van der Waals surface area contributed by atoms with Gasteiger partial charge >= 0.3 is 0 Å². The van der Waals surface area contributed by atoms with E-state index in [1.165, 1.54) is 5.56 Å². The number of aryl methyl sites for hydroxylation is 1. The molecule has 0 aliphatic rings. The Bertz CT molecular complexity index is 847. The van der Waals surface area contributed by atoms with Crippen molar-refractivity contribution in [1.82, 2.24) is 16.0 Å². The fourth-order valence-electron chi connectivity index (χ4n) is 2.84. The average Bonchev–Trinajstić information content (AvgIpc) is 2.69. The zero-order chi connectivity index (χ0) is 21.2. The summed E-state index contributed by atoms with van der Waals surface area (Å²) in [6, 6.07) is 13.8. The highest BCUT2D eigenvalue weighted by atomic mass is 16.5. The van der Waals surface area contributed by atoms with E-state index in [2.05, 4.69) is 46.1 Å². The van der Waals surface area contributed by atoms with Crippen LogP contribution >= 0.6 is 0 Å². The van der Waals surface area contributed by atoms with E-state index in [-0.39, 0.29) is 12.0 Å². The molecule has 0 saturated carbocycles. The lowest BCUT2D eigenvalue weighted by Gasteiger charge is -2.17. The molecule has 0 atom stereocenters. The molecule has 1 amide bonds. The van der Waals surface area contributed by atoms with Gasteiger partial charge in [-0.05, 0) is 57.0 Å². The summed E-state index contributed by atoms with van der Waals surface area (Å²) >= 11 is 0. The number of carbonyl (C=O) groups is 1. The Morgan fingerprint density at radius 1 is 1.07 bits per heavy atom. The van der Waals surface area contributed by atoms with Gasteiger partial charge in [-0.3, -0.25) is 9.79 Å². The molecule has 0 heterocycles. The van der Waals surface area contributed by atoms with Gasteiger partial charge in [0.1, 0.15) is 5.75 Å². The number of nitrogens with one attached hydrogen (secondary N) is 3. The number of amides is 1. The summed E-state index contributed by atoms with van der Waals surface area (Å²) in [5, 5.41) is 9.44. The molecule has 0 unspecified atom stereocenters. The van der Waals surface area contributed by atoms with Gasteiger partial charge in [0.05, 0.1) is 6.10 Å². The van der Waals surface area contributed by atoms with E-state index in [1.54, 1.807) is 7.05 Å². The minimum Gasteiger partial charge on any atom is -0.491 e. The molecule has 156 valence electrons. The molecule has 0 spiro atoms. The van der Waals surface area contributed by atoms with Gasteiger partial charge < -0.3 is 20.7 Å². The highest BCUT2D eigenvalue weighted by molar-refractivity contribution is 5.94. The van der Waals surface area contributed by atoms with Crippen molar-refractivity contribution in [2.45, 2.75) is 46.9 Å². The van der Waals surface area contributed by atoms with Crippen LogP contribution in [0.3, 0.4) is 0 Å². The van der Waals surface area contributed by atoms with Gasteiger partial charge in [-0.2, -0.15) is 0 Å². The molecule has 0 fully saturated rings. The molecule has 0 aliphatic carbocycles. The van der Waals surface area contributed by atoms with Crippen LogP contribution in [-0.4, -0.2) is 31.6 Å². The SMILES string of the molecule is CCNC(=O)c1cccc(CNC(=NC)NCc2ccc(C)cc2OC(C)C)c1. The van der Waals surface area contributed by atoms with E-state index in [9.17, 15) is 4.79 Å². The fraction of sp³-hybridized carbons (Fsp3) is 0.391. The van der Waals surface area contributed by atoms with Crippen LogP contribution in [0, 0.1) is 6.92 Å². The first kappa shape index (κ1) is 22.3. The van der Waals surface area contributed by atoms with Crippen LogP contribution in [0.25, 0.3) is 0 Å². The Morgan fingerprint density at radius 2 is 1.83 bits per heavy atom. The Labute approximate surface area is 173 Å². The van der Waals surface area contributed by atoms with E-state index >= 15 is 0 Å². The third-order valence-electron chi connectivity index (χ3n) is 4.24. The van der Waals surface area contributed by atoms with E-state index in [0.717, 1.165) is 16.9 Å². The summed E-state index contributed by atoms with van der Waals surface area (Å²) in [7, 11) is 1.74. The molecule has 0 aromatic heterocycles. The van der Waals surface area contributed by atoms with Gasteiger partial charge in [-0.1, -0.05) is 24.3 Å². The maximum Gasteiger partial charge on any atom is 0.251 e. The summed E-state index contributed by atoms with van der Waals surface area (Å²) in [5.41, 5.74) is 3.91. The molecule has 2 aromatic rings. The zero-order valence-electron chi connectivity index (χ0n) is 18.0. The van der Waals surface area contributed by atoms with E-state index in [0.29, 0.717) is 31.2 Å². The molecule has 0 radical (unpaired) electrons. The van der Waals surface area contributed by atoms with Crippen LogP contribution in [-0.2, 0) is 13.1 Å². The van der Waals surface area contributed by atoms with Gasteiger partial charge in [0, 0.05) is 37.8 Å². The lowest BCUT2D eigenvalue weighted by atomic mass is 10.1. The number of aliphatic imine (C=N–C) groups is 1. The smallest absolute Gasteiger partial charge is 0.251 e. The Hall–Kier alpha value is -3.02. The van der Waals surface area contributed by atoms with Crippen molar-refractivity contribution < 1.29 is 9.53 Å². The molecule has 0 bridgehead atoms. The Balaban J connectivity index is 1.97. The number of ether oxygens (including phenoxy) is 1. The summed E-state index contributed by atoms with van der Waals surface area (Å²) < 4.78 is 5.94. The number of hydrogen-bond acceptors (Lipinski definition) is 3. The number of rotatable bonds is 8. The van der Waals surface area contributed by atoms with Crippen molar-refractivity contribution in [2.75, 3.05) is 13.6 Å². The van der Waals surface area contributed by atoms with Crippen molar-refractivity contribution >= 4 is 11.9 Å². The van der Waals surface area contributed by atoms with Gasteiger partial charge in [0.2, 0.25) is 0 Å². The molecular weight excluding hydrogens is 364 g/mol. The number of guanidine groups is 1. The predicted octanol–water partition coefficient (Wildman–Crippen LogP) is 3.40. The van der Waals surface area contributed by atoms with Gasteiger partial charge in [0.15, 0.2) is 5.96 Å². The minimum atomic E-state index is -0.0612. The monoisotopic (exact) mass is 396 g/mol. The standard InChI is InChI=1S/C23H32N4O2/c1-6-25-22(28)19-9-7-8-18(13-19)14-26-23(24-5)27-15-20-11-10-17(4)12-21(20)29-16(2)3/h7-13,16H,6,14-15H2,1-5H3,(H,25,28)(H2,24,26,27). The number of carbonyl (C=O) groups excluding carboxylic acids is 1. The molecular formula is C23H32N4O2. The van der Waals surface area contributed by atoms with Crippen LogP contribution in [0.5, 0.6) is 5.75 Å². The maximum atomic E-state index is 12.0. The van der Waals surface area contributed by atoms with Crippen molar-refractivity contribution in [2.24, 2.45) is 4.99 Å². The highest BCUT2D eigenvalue weighted by Gasteiger charge is 2.08. The molecule has 0 saturated heterocycles. The quantitative estimate of drug-likeness (QED) is 0.472. The molecule has 6 heteroatoms. The molecule has 6 nitrogen and oxygen atoms in total. The first-order valence-corrected chi connectivity index (χ1v) is 10.0. The van der Waals surface area contributed by atoms with Crippen LogP contribution in [0.1, 0.15) is 47.8 Å². The second kappa shape index (κ2) is 11.1. The van der Waals surface area contributed by atoms with Crippen molar-refractivity contribution in [3.8, 4) is 5.75 Å². The predicted molar refractivity (Wildman–Crippen MR) is 118 cm³/mol. The fourth-order valence-corrected chi connectivity index (χ4v) is 2.84. The van der Waals surface area contributed by atoms with Crippen LogP contribution in [0.4, 0.5) is 0 Å². The number of nitrogens with zero attached hydrogens (tertiary/aromatic N) is 1. The lowest BCUT2D eigenvalue weighted by Crippen LogP contribution is -2.36. The molecule has 3 N–H and O–H groups in total. The van der Waals surface area contributed by atoms with Crippen LogP contribution < -0.4 is 20.7 Å². The maximum absolute atomic E-state index is 12.0. The zero-order valence-corrected chi connectivity index (χ0v) is 18.0.